The number of hydrogen-bond donors (Lipinski definition) is 2. The topological polar surface area (TPSA) is 84.0 Å². The summed E-state index contributed by atoms with van der Waals surface area (Å²) in [7, 11) is 0. The van der Waals surface area contributed by atoms with Crippen molar-refractivity contribution in [3.8, 4) is 0 Å². The van der Waals surface area contributed by atoms with Crippen molar-refractivity contribution in [1.82, 2.24) is 15.5 Å². The summed E-state index contributed by atoms with van der Waals surface area (Å²) in [6, 6.07) is 6.62. The van der Waals surface area contributed by atoms with Gasteiger partial charge in [0, 0.05) is 18.4 Å². The quantitative estimate of drug-likeness (QED) is 0.730. The smallest absolute Gasteiger partial charge is 0.228 e. The highest BCUT2D eigenvalue weighted by atomic mass is 35.5. The van der Waals surface area contributed by atoms with Crippen LogP contribution in [0, 0.1) is 0 Å². The molecule has 6 nitrogen and oxygen atoms in total. The van der Waals surface area contributed by atoms with Crippen LogP contribution in [0.5, 0.6) is 0 Å². The predicted octanol–water partition coefficient (Wildman–Crippen LogP) is 3.74. The average Bonchev–Trinajstić information content (AvgIpc) is 2.99. The minimum Gasteiger partial charge on any atom is -0.349 e. The summed E-state index contributed by atoms with van der Waals surface area (Å²) >= 11 is 7.27. The van der Waals surface area contributed by atoms with E-state index in [0.29, 0.717) is 10.2 Å². The van der Waals surface area contributed by atoms with Crippen LogP contribution < -0.4 is 10.6 Å². The number of rotatable bonds is 8. The molecule has 0 saturated carbocycles. The van der Waals surface area contributed by atoms with Crippen LogP contribution >= 0.6 is 22.9 Å². The van der Waals surface area contributed by atoms with E-state index in [1.165, 1.54) is 18.3 Å². The number of aryl methyl sites for hydroxylation is 1. The van der Waals surface area contributed by atoms with E-state index in [1.807, 2.05) is 0 Å². The lowest BCUT2D eigenvalue weighted by Crippen LogP contribution is -2.29. The molecule has 2 amide bonds. The van der Waals surface area contributed by atoms with Gasteiger partial charge in [0.25, 0.3) is 0 Å². The Balaban J connectivity index is 2.00. The fourth-order valence-electron chi connectivity index (χ4n) is 2.28. The van der Waals surface area contributed by atoms with Gasteiger partial charge in [-0.05, 0) is 24.1 Å². The van der Waals surface area contributed by atoms with E-state index in [9.17, 15) is 9.59 Å². The van der Waals surface area contributed by atoms with Crippen molar-refractivity contribution in [3.63, 3.8) is 0 Å². The van der Waals surface area contributed by atoms with Crippen molar-refractivity contribution >= 4 is 39.9 Å². The average molecular weight is 381 g/mol. The maximum Gasteiger partial charge on any atom is 0.228 e. The van der Waals surface area contributed by atoms with Crippen molar-refractivity contribution in [2.75, 3.05) is 5.32 Å². The number of carbonyl (C=O) groups excluding carboxylic acids is 2. The fraction of sp³-hybridized carbons (Fsp3) is 0.412. The number of nitrogens with one attached hydrogen (secondary N) is 2. The van der Waals surface area contributed by atoms with Gasteiger partial charge in [-0.15, -0.1) is 10.2 Å². The van der Waals surface area contributed by atoms with Gasteiger partial charge in [0.2, 0.25) is 16.9 Å². The van der Waals surface area contributed by atoms with Gasteiger partial charge in [-0.25, -0.2) is 0 Å². The van der Waals surface area contributed by atoms with E-state index in [0.717, 1.165) is 29.8 Å². The van der Waals surface area contributed by atoms with E-state index < -0.39 is 6.04 Å². The zero-order valence-corrected chi connectivity index (χ0v) is 15.8. The van der Waals surface area contributed by atoms with Gasteiger partial charge in [-0.2, -0.15) is 0 Å². The van der Waals surface area contributed by atoms with Crippen molar-refractivity contribution in [3.05, 3.63) is 39.9 Å². The van der Waals surface area contributed by atoms with Gasteiger partial charge in [-0.1, -0.05) is 48.4 Å². The third-order valence-electron chi connectivity index (χ3n) is 3.50. The summed E-state index contributed by atoms with van der Waals surface area (Å²) in [6.07, 6.45) is 3.10. The lowest BCUT2D eigenvalue weighted by molar-refractivity contribution is -0.120. The highest BCUT2D eigenvalue weighted by molar-refractivity contribution is 7.15. The predicted molar refractivity (Wildman–Crippen MR) is 99.8 cm³/mol. The highest BCUT2D eigenvalue weighted by Crippen LogP contribution is 2.22. The zero-order valence-electron chi connectivity index (χ0n) is 14.2. The summed E-state index contributed by atoms with van der Waals surface area (Å²) in [5, 5.41) is 15.6. The van der Waals surface area contributed by atoms with Gasteiger partial charge in [-0.3, -0.25) is 9.59 Å². The Morgan fingerprint density at radius 1 is 1.24 bits per heavy atom. The first-order chi connectivity index (χ1) is 12.0. The van der Waals surface area contributed by atoms with Crippen LogP contribution in [0.3, 0.4) is 0 Å². The van der Waals surface area contributed by atoms with Gasteiger partial charge < -0.3 is 10.6 Å². The van der Waals surface area contributed by atoms with Gasteiger partial charge in [0.1, 0.15) is 5.01 Å². The molecule has 0 aliphatic rings. The normalized spacial score (nSPS) is 11.8. The van der Waals surface area contributed by atoms with Crippen LogP contribution in [-0.4, -0.2) is 22.0 Å². The van der Waals surface area contributed by atoms with Crippen molar-refractivity contribution in [1.29, 1.82) is 0 Å². The highest BCUT2D eigenvalue weighted by Gasteiger charge is 2.18. The molecule has 1 aromatic carbocycles. The number of nitrogens with zero attached hydrogens (tertiary/aromatic N) is 2. The number of amides is 2. The van der Waals surface area contributed by atoms with Crippen LogP contribution in [0.2, 0.25) is 5.02 Å². The molecule has 0 saturated heterocycles. The minimum absolute atomic E-state index is 0.102. The Morgan fingerprint density at radius 3 is 2.60 bits per heavy atom. The van der Waals surface area contributed by atoms with Crippen molar-refractivity contribution in [2.45, 2.75) is 45.6 Å². The molecule has 25 heavy (non-hydrogen) atoms. The van der Waals surface area contributed by atoms with E-state index >= 15 is 0 Å². The number of unbranched alkanes of at least 4 members (excludes halogenated alkanes) is 1. The van der Waals surface area contributed by atoms with E-state index in [1.54, 1.807) is 24.3 Å². The van der Waals surface area contributed by atoms with Crippen LogP contribution in [-0.2, 0) is 16.0 Å². The Hall–Kier alpha value is -1.99. The lowest BCUT2D eigenvalue weighted by atomic mass is 10.0. The third-order valence-corrected chi connectivity index (χ3v) is 4.65. The summed E-state index contributed by atoms with van der Waals surface area (Å²) in [6.45, 7) is 3.54. The number of anilines is 1. The molecule has 0 spiro atoms. The molecular weight excluding hydrogens is 360 g/mol. The first kappa shape index (κ1) is 19.3. The summed E-state index contributed by atoms with van der Waals surface area (Å²) in [4.78, 5) is 23.8. The van der Waals surface area contributed by atoms with Gasteiger partial charge >= 0.3 is 0 Å². The zero-order chi connectivity index (χ0) is 18.2. The number of benzene rings is 1. The van der Waals surface area contributed by atoms with Gasteiger partial charge in [0.15, 0.2) is 0 Å². The molecule has 0 radical (unpaired) electrons. The maximum absolute atomic E-state index is 12.3. The Bertz CT molecular complexity index is 718. The summed E-state index contributed by atoms with van der Waals surface area (Å²) in [5.74, 6) is -0.433. The lowest BCUT2D eigenvalue weighted by Gasteiger charge is -2.17. The minimum atomic E-state index is -0.428. The second-order valence-corrected chi connectivity index (χ2v) is 7.16. The number of halogens is 1. The molecule has 1 aromatic heterocycles. The second-order valence-electron chi connectivity index (χ2n) is 5.66. The largest absolute Gasteiger partial charge is 0.349 e. The van der Waals surface area contributed by atoms with E-state index in [-0.39, 0.29) is 18.2 Å². The van der Waals surface area contributed by atoms with E-state index in [2.05, 4.69) is 27.8 Å². The summed E-state index contributed by atoms with van der Waals surface area (Å²) in [5.41, 5.74) is 0.815. The number of hydrogen-bond acceptors (Lipinski definition) is 5. The molecule has 0 aliphatic heterocycles. The number of aromatic nitrogens is 2. The van der Waals surface area contributed by atoms with Crippen molar-refractivity contribution in [2.24, 2.45) is 0 Å². The van der Waals surface area contributed by atoms with Crippen LogP contribution in [0.1, 0.15) is 49.7 Å². The molecule has 1 heterocycles. The third kappa shape index (κ3) is 6.43. The number of carbonyl (C=O) groups is 2. The molecule has 0 fully saturated rings. The first-order valence-corrected chi connectivity index (χ1v) is 9.32. The molecule has 8 heteroatoms. The molecule has 134 valence electrons. The Labute approximate surface area is 156 Å². The molecule has 2 rings (SSSR count). The molecule has 2 N–H and O–H groups in total. The molecule has 0 bridgehead atoms. The van der Waals surface area contributed by atoms with Gasteiger partial charge in [0.05, 0.1) is 12.5 Å². The molecule has 1 unspecified atom stereocenters. The first-order valence-electron chi connectivity index (χ1n) is 8.12. The molecule has 1 atom stereocenters. The van der Waals surface area contributed by atoms with Crippen LogP contribution in [0.4, 0.5) is 5.13 Å². The summed E-state index contributed by atoms with van der Waals surface area (Å²) < 4.78 is 0. The van der Waals surface area contributed by atoms with Crippen LogP contribution in [0.15, 0.2) is 24.3 Å². The maximum atomic E-state index is 12.3. The fourth-order valence-corrected chi connectivity index (χ4v) is 3.21. The second kappa shape index (κ2) is 9.48. The monoisotopic (exact) mass is 380 g/mol. The Kier molecular flexibility index (Phi) is 7.33. The van der Waals surface area contributed by atoms with Crippen LogP contribution in [0.25, 0.3) is 0 Å². The van der Waals surface area contributed by atoms with E-state index in [4.69, 9.17) is 11.6 Å². The molecular formula is C17H21ClN4O2S. The Morgan fingerprint density at radius 2 is 1.96 bits per heavy atom. The van der Waals surface area contributed by atoms with Crippen molar-refractivity contribution < 1.29 is 9.59 Å². The molecule has 2 aromatic rings. The standard InChI is InChI=1S/C17H21ClN4O2S/c1-3-4-5-16-21-22-17(25-16)20-15(24)10-14(19-11(2)23)12-6-8-13(18)9-7-12/h6-9,14H,3-5,10H2,1-2H3,(H,19,23)(H,20,22,24). The molecule has 0 aliphatic carbocycles. The SMILES string of the molecule is CCCCc1nnc(NC(=O)CC(NC(C)=O)c2ccc(Cl)cc2)s1.